The number of fused-ring (bicyclic) bond motifs is 2. The molecule has 0 bridgehead atoms. The third-order valence-electron chi connectivity index (χ3n) is 13.3. The number of benzene rings is 10. The van der Waals surface area contributed by atoms with Gasteiger partial charge in [-0.25, -0.2) is 8.42 Å². The molecule has 0 heterocycles. The maximum absolute atomic E-state index is 12.9. The van der Waals surface area contributed by atoms with Gasteiger partial charge in [0.05, 0.1) is 52.3 Å². The number of carbonyl (C=O) groups is 4. The molecule has 0 saturated heterocycles. The second-order valence-electron chi connectivity index (χ2n) is 19.4. The molecule has 10 rings (SSSR count). The van der Waals surface area contributed by atoms with Gasteiger partial charge < -0.3 is 45.5 Å². The van der Waals surface area contributed by atoms with Gasteiger partial charge in [-0.2, -0.15) is 28.9 Å². The van der Waals surface area contributed by atoms with Crippen molar-refractivity contribution >= 4 is 149 Å². The van der Waals surface area contributed by atoms with E-state index < -0.39 is 54.5 Å². The molecule has 0 aliphatic carbocycles. The summed E-state index contributed by atoms with van der Waals surface area (Å²) in [7, 11) is -5.85. The molecule has 22 nitrogen and oxygen atoms in total. The summed E-state index contributed by atoms with van der Waals surface area (Å²) >= 11 is 0. The van der Waals surface area contributed by atoms with E-state index in [1.165, 1.54) is 61.7 Å². The molecule has 25 heteroatoms. The van der Waals surface area contributed by atoms with Crippen molar-refractivity contribution in [2.45, 2.75) is 23.6 Å². The van der Waals surface area contributed by atoms with Gasteiger partial charge in [-0.15, -0.1) is 0 Å². The average Bonchev–Trinajstić information content (AvgIpc) is 2.70. The molecular weight excluding hydrogens is 1210 g/mol. The quantitative estimate of drug-likeness (QED) is 0.0298. The van der Waals surface area contributed by atoms with Crippen LogP contribution in [0.2, 0.25) is 0 Å². The van der Waals surface area contributed by atoms with Crippen molar-refractivity contribution in [3.05, 3.63) is 228 Å². The molecule has 0 aliphatic heterocycles. The number of nitrogens with zero attached hydrogens (tertiary/aromatic N) is 4. The van der Waals surface area contributed by atoms with Gasteiger partial charge in [0.1, 0.15) is 27.4 Å². The van der Waals surface area contributed by atoms with Crippen molar-refractivity contribution in [1.29, 1.82) is 0 Å². The van der Waals surface area contributed by atoms with Crippen LogP contribution in [0, 0.1) is 13.8 Å². The second-order valence-corrected chi connectivity index (χ2v) is 22.2. The summed E-state index contributed by atoms with van der Waals surface area (Å²) in [4.78, 5) is 50.7. The number of hydrogen-bond acceptors (Lipinski definition) is 17. The van der Waals surface area contributed by atoms with E-state index in [9.17, 15) is 50.8 Å². The number of phenols is 1. The van der Waals surface area contributed by atoms with Crippen LogP contribution in [0.25, 0.3) is 21.5 Å². The van der Waals surface area contributed by atoms with Crippen LogP contribution in [0.1, 0.15) is 52.6 Å². The second kappa shape index (κ2) is 28.3. The fourth-order valence-corrected chi connectivity index (χ4v) is 9.48. The zero-order chi connectivity index (χ0) is 62.9. The number of phenolic OH excluding ortho intramolecular Hbond substituents is 1. The molecule has 0 aliphatic rings. The van der Waals surface area contributed by atoms with E-state index >= 15 is 0 Å². The van der Waals surface area contributed by atoms with Crippen molar-refractivity contribution in [1.82, 2.24) is 0 Å². The monoisotopic (exact) mass is 1260 g/mol. The van der Waals surface area contributed by atoms with E-state index in [0.29, 0.717) is 84.1 Å². The summed E-state index contributed by atoms with van der Waals surface area (Å²) in [5, 5.41) is 53.8. The Morgan fingerprint density at radius 3 is 1.24 bits per heavy atom. The molecule has 0 fully saturated rings. The van der Waals surface area contributed by atoms with Crippen LogP contribution in [0.15, 0.2) is 224 Å². The Morgan fingerprint density at radius 1 is 0.438 bits per heavy atom. The van der Waals surface area contributed by atoms with E-state index in [4.69, 9.17) is 14.0 Å². The largest absolute Gasteiger partial charge is 2.00 e. The van der Waals surface area contributed by atoms with Crippen LogP contribution < -0.4 is 35.8 Å². The molecule has 444 valence electrons. The number of hydrogen-bond donors (Lipinski definition) is 6. The van der Waals surface area contributed by atoms with Gasteiger partial charge in [0.15, 0.2) is 0 Å². The minimum atomic E-state index is -4.59. The smallest absolute Gasteiger partial charge is 0.872 e. The summed E-state index contributed by atoms with van der Waals surface area (Å²) in [5.74, 6) is -1.27. The molecule has 0 saturated carbocycles. The molecule has 0 atom stereocenters. The molecule has 10 aromatic carbocycles. The molecule has 6 N–H and O–H groups in total. The number of ether oxygens (including phenoxy) is 2. The molecule has 4 amide bonds. The predicted molar refractivity (Wildman–Crippen MR) is 334 cm³/mol. The Hall–Kier alpha value is -9.92. The Balaban J connectivity index is 0.000000228. The number of nitrogens with one attached hydrogen (secondary N) is 4. The van der Waals surface area contributed by atoms with Crippen molar-refractivity contribution < 1.29 is 64.8 Å². The van der Waals surface area contributed by atoms with Gasteiger partial charge in [0.2, 0.25) is 0 Å². The van der Waals surface area contributed by atoms with Crippen LogP contribution in [0.3, 0.4) is 0 Å². The van der Waals surface area contributed by atoms with Crippen LogP contribution in [0.4, 0.5) is 45.5 Å². The first-order valence-corrected chi connectivity index (χ1v) is 29.1. The number of methoxy groups -OCH3 is 2. The summed E-state index contributed by atoms with van der Waals surface area (Å²) in [6, 6.07) is 49.5. The van der Waals surface area contributed by atoms with Crippen molar-refractivity contribution in [2.75, 3.05) is 35.5 Å². The molecule has 89 heavy (non-hydrogen) atoms. The average molecular weight is 1260 g/mol. The fraction of sp³-hybridized carbons (Fsp3) is 0.0625. The van der Waals surface area contributed by atoms with E-state index in [2.05, 4.69) is 41.7 Å². The number of amides is 4. The summed E-state index contributed by atoms with van der Waals surface area (Å²) < 4.78 is 75.2. The molecule has 0 unspecified atom stereocenters. The number of aromatic hydroxyl groups is 1. The number of rotatable bonds is 16. The molecular formula is C64H50CaN8O14S2. The van der Waals surface area contributed by atoms with Gasteiger partial charge >= 0.3 is 37.7 Å². The SMILES string of the molecule is COc1ccc(NC(=O)c2cc3cc(N=Nc4cc(C(=O)Nc5ccc(S(=O)(=O)O)cc5)ccc4C)ccc3cc2O)cc1.COc1ccc(NC(=O)c2cc3cc(N=Nc4cc(C(=O)Nc5ccc(S(=O)(=O)[O-])cc5)ccc4C)ccc3cc2[O-])cc1.[Ca+2]. The Bertz CT molecular complexity index is 4350. The maximum Gasteiger partial charge on any atom is 2.00 e. The zero-order valence-corrected chi connectivity index (χ0v) is 51.4. The molecule has 0 aromatic heterocycles. The van der Waals surface area contributed by atoms with E-state index in [1.54, 1.807) is 135 Å². The number of aryl methyl sites for hydroxylation is 2. The normalized spacial score (nSPS) is 11.3. The molecule has 10 aromatic rings. The first-order valence-electron chi connectivity index (χ1n) is 26.2. The van der Waals surface area contributed by atoms with Gasteiger partial charge in [0, 0.05) is 39.4 Å². The first kappa shape index (κ1) is 65.1. The van der Waals surface area contributed by atoms with Crippen LogP contribution in [-0.4, -0.2) is 107 Å². The van der Waals surface area contributed by atoms with Gasteiger partial charge in [-0.05, 0) is 210 Å². The topological polar surface area (TPSA) is 339 Å². The van der Waals surface area contributed by atoms with Crippen molar-refractivity contribution in [3.63, 3.8) is 0 Å². The minimum Gasteiger partial charge on any atom is -0.872 e. The summed E-state index contributed by atoms with van der Waals surface area (Å²) in [6.07, 6.45) is 0. The van der Waals surface area contributed by atoms with Crippen LogP contribution in [0.5, 0.6) is 23.0 Å². The molecule has 0 radical (unpaired) electrons. The van der Waals surface area contributed by atoms with Gasteiger partial charge in [-0.3, -0.25) is 23.7 Å². The van der Waals surface area contributed by atoms with Gasteiger partial charge in [0.25, 0.3) is 33.7 Å². The zero-order valence-electron chi connectivity index (χ0n) is 47.6. The number of carbonyl (C=O) groups excluding carboxylic acids is 4. The Labute approximate surface area is 539 Å². The summed E-state index contributed by atoms with van der Waals surface area (Å²) in [6.45, 7) is 3.63. The van der Waals surface area contributed by atoms with Crippen molar-refractivity contribution in [3.8, 4) is 23.0 Å². The third kappa shape index (κ3) is 16.8. The standard InChI is InChI=1S/2C32H26N4O7S.Ca/c2*1-19-3-4-21(31(38)33-24-9-13-27(14-10-24)44(40,41)42)17-29(19)36-35-25-6-5-20-18-30(37)28(16-22(20)15-25)32(39)34-23-7-11-26(43-2)12-8-23;/h2*3-18,37H,1-2H3,(H,33,38)(H,34,39)(H,40,41,42);/q;;+2/p-2. The Kier molecular flexibility index (Phi) is 20.7. The molecule has 0 spiro atoms. The van der Waals surface area contributed by atoms with Crippen LogP contribution in [-0.2, 0) is 20.2 Å². The van der Waals surface area contributed by atoms with Crippen molar-refractivity contribution in [2.24, 2.45) is 20.5 Å². The maximum atomic E-state index is 12.9. The third-order valence-corrected chi connectivity index (χ3v) is 15.1. The van der Waals surface area contributed by atoms with Gasteiger partial charge in [-0.1, -0.05) is 36.1 Å². The summed E-state index contributed by atoms with van der Waals surface area (Å²) in [5.41, 5.74) is 5.68. The predicted octanol–water partition coefficient (Wildman–Crippen LogP) is 12.7. The minimum absolute atomic E-state index is 0. The van der Waals surface area contributed by atoms with E-state index in [0.717, 1.165) is 23.3 Å². The first-order chi connectivity index (χ1) is 42.0. The van der Waals surface area contributed by atoms with E-state index in [1.807, 2.05) is 13.8 Å². The van der Waals surface area contributed by atoms with Crippen LogP contribution >= 0.6 is 0 Å². The Morgan fingerprint density at radius 2 is 0.820 bits per heavy atom. The van der Waals surface area contributed by atoms with E-state index in [-0.39, 0.29) is 65.1 Å². The fourth-order valence-electron chi connectivity index (χ4n) is 8.53. The number of azo groups is 2. The number of anilines is 4.